The van der Waals surface area contributed by atoms with Crippen LogP contribution in [0, 0.1) is 5.92 Å². The highest BCUT2D eigenvalue weighted by atomic mass is 19.3. The van der Waals surface area contributed by atoms with E-state index < -0.39 is 6.61 Å². The lowest BCUT2D eigenvalue weighted by Crippen LogP contribution is -2.52. The Hall–Kier alpha value is -2.58. The second-order valence-corrected chi connectivity index (χ2v) is 8.03. The first-order valence-corrected chi connectivity index (χ1v) is 10.3. The zero-order valence-corrected chi connectivity index (χ0v) is 18.2. The van der Waals surface area contributed by atoms with Crippen molar-refractivity contribution in [3.8, 4) is 5.75 Å². The van der Waals surface area contributed by atoms with Crippen molar-refractivity contribution in [3.05, 3.63) is 24.3 Å². The number of nitrogens with zero attached hydrogens (tertiary/aromatic N) is 3. The predicted octanol–water partition coefficient (Wildman–Crippen LogP) is 2.54. The number of aliphatic imine (C=N–C) groups is 1. The molecule has 1 aliphatic heterocycles. The molecule has 0 bridgehead atoms. The highest BCUT2D eigenvalue weighted by Crippen LogP contribution is 2.23. The number of halogens is 2. The van der Waals surface area contributed by atoms with Gasteiger partial charge in [-0.2, -0.15) is 8.78 Å². The molecular formula is C21H33F2N5O2. The van der Waals surface area contributed by atoms with Crippen LogP contribution < -0.4 is 20.3 Å². The number of alkyl halides is 2. The summed E-state index contributed by atoms with van der Waals surface area (Å²) in [5.74, 6) is 1.17. The number of hydrogen-bond donors (Lipinski definition) is 2. The van der Waals surface area contributed by atoms with Crippen molar-refractivity contribution in [2.75, 3.05) is 45.2 Å². The Morgan fingerprint density at radius 1 is 1.30 bits per heavy atom. The number of carbonyl (C=O) groups excluding carboxylic acids is 1. The van der Waals surface area contributed by atoms with Gasteiger partial charge in [-0.1, -0.05) is 13.8 Å². The van der Waals surface area contributed by atoms with Gasteiger partial charge in [-0.25, -0.2) is 4.99 Å². The largest absolute Gasteiger partial charge is 0.435 e. The molecule has 30 heavy (non-hydrogen) atoms. The van der Waals surface area contributed by atoms with Crippen molar-refractivity contribution in [1.29, 1.82) is 0 Å². The summed E-state index contributed by atoms with van der Waals surface area (Å²) in [7, 11) is 3.42. The molecule has 1 amide bonds. The van der Waals surface area contributed by atoms with E-state index in [1.165, 1.54) is 4.90 Å². The van der Waals surface area contributed by atoms with Crippen LogP contribution in [0.4, 0.5) is 14.5 Å². The van der Waals surface area contributed by atoms with Crippen LogP contribution in [0.2, 0.25) is 0 Å². The molecule has 1 fully saturated rings. The van der Waals surface area contributed by atoms with Gasteiger partial charge in [0.1, 0.15) is 12.3 Å². The average Bonchev–Trinajstić information content (AvgIpc) is 2.70. The Bertz CT molecular complexity index is 695. The highest BCUT2D eigenvalue weighted by molar-refractivity contribution is 5.85. The van der Waals surface area contributed by atoms with Crippen molar-refractivity contribution in [3.63, 3.8) is 0 Å². The second-order valence-electron chi connectivity index (χ2n) is 8.03. The molecule has 0 radical (unpaired) electrons. The minimum atomic E-state index is -2.82. The summed E-state index contributed by atoms with van der Waals surface area (Å²) in [6, 6.07) is 6.86. The number of benzene rings is 1. The summed E-state index contributed by atoms with van der Waals surface area (Å²) in [6.07, 6.45) is 1.97. The van der Waals surface area contributed by atoms with Crippen molar-refractivity contribution in [2.24, 2.45) is 10.9 Å². The first-order chi connectivity index (χ1) is 14.2. The number of nitrogens with one attached hydrogen (secondary N) is 2. The molecule has 168 valence electrons. The summed E-state index contributed by atoms with van der Waals surface area (Å²) in [5.41, 5.74) is 0.958. The molecule has 1 heterocycles. The first kappa shape index (κ1) is 23.7. The topological polar surface area (TPSA) is 69.2 Å². The van der Waals surface area contributed by atoms with E-state index in [2.05, 4.69) is 39.1 Å². The summed E-state index contributed by atoms with van der Waals surface area (Å²) >= 11 is 0. The van der Waals surface area contributed by atoms with Crippen molar-refractivity contribution < 1.29 is 18.3 Å². The van der Waals surface area contributed by atoms with Crippen LogP contribution in [0.15, 0.2) is 29.3 Å². The molecule has 0 aliphatic carbocycles. The monoisotopic (exact) mass is 425 g/mol. The van der Waals surface area contributed by atoms with Crippen LogP contribution in [0.25, 0.3) is 0 Å². The maximum atomic E-state index is 12.3. The van der Waals surface area contributed by atoms with E-state index in [-0.39, 0.29) is 24.2 Å². The Balaban J connectivity index is 2.00. The average molecular weight is 426 g/mol. The van der Waals surface area contributed by atoms with E-state index in [0.717, 1.165) is 38.2 Å². The number of guanidine groups is 1. The minimum absolute atomic E-state index is 0.0583. The Labute approximate surface area is 177 Å². The molecule has 2 N–H and O–H groups in total. The molecule has 0 aromatic heterocycles. The smallest absolute Gasteiger partial charge is 0.387 e. The molecule has 1 saturated heterocycles. The molecule has 1 aromatic rings. The summed E-state index contributed by atoms with van der Waals surface area (Å²) < 4.78 is 29.1. The lowest BCUT2D eigenvalue weighted by Gasteiger charge is -2.35. The van der Waals surface area contributed by atoms with Crippen LogP contribution in [0.5, 0.6) is 5.75 Å². The number of anilines is 1. The Morgan fingerprint density at radius 3 is 2.60 bits per heavy atom. The van der Waals surface area contributed by atoms with E-state index in [4.69, 9.17) is 0 Å². The fraction of sp³-hybridized carbons (Fsp3) is 0.619. The maximum absolute atomic E-state index is 12.3. The number of piperidine rings is 1. The number of rotatable bonds is 8. The summed E-state index contributed by atoms with van der Waals surface area (Å²) in [4.78, 5) is 20.1. The predicted molar refractivity (Wildman–Crippen MR) is 115 cm³/mol. The van der Waals surface area contributed by atoms with Crippen LogP contribution >= 0.6 is 0 Å². The van der Waals surface area contributed by atoms with Gasteiger partial charge < -0.3 is 25.2 Å². The molecule has 1 aromatic carbocycles. The van der Waals surface area contributed by atoms with Crippen molar-refractivity contribution in [2.45, 2.75) is 39.3 Å². The maximum Gasteiger partial charge on any atom is 0.387 e. The zero-order chi connectivity index (χ0) is 22.1. The molecule has 0 saturated carbocycles. The highest BCUT2D eigenvalue weighted by Gasteiger charge is 2.21. The van der Waals surface area contributed by atoms with E-state index in [1.54, 1.807) is 38.4 Å². The van der Waals surface area contributed by atoms with Gasteiger partial charge in [0, 0.05) is 45.5 Å². The molecule has 2 rings (SSSR count). The molecule has 1 atom stereocenters. The summed E-state index contributed by atoms with van der Waals surface area (Å²) in [6.45, 7) is 3.87. The number of hydrogen-bond acceptors (Lipinski definition) is 4. The normalized spacial score (nSPS) is 17.3. The number of ether oxygens (including phenoxy) is 1. The van der Waals surface area contributed by atoms with E-state index in [0.29, 0.717) is 11.9 Å². The third kappa shape index (κ3) is 8.04. The molecule has 1 unspecified atom stereocenters. The van der Waals surface area contributed by atoms with E-state index in [1.807, 2.05) is 0 Å². The summed E-state index contributed by atoms with van der Waals surface area (Å²) in [5, 5.41) is 6.75. The van der Waals surface area contributed by atoms with Gasteiger partial charge in [0.05, 0.1) is 0 Å². The van der Waals surface area contributed by atoms with Crippen LogP contribution in [-0.2, 0) is 4.79 Å². The van der Waals surface area contributed by atoms with E-state index in [9.17, 15) is 13.6 Å². The van der Waals surface area contributed by atoms with Crippen LogP contribution in [0.1, 0.15) is 26.7 Å². The van der Waals surface area contributed by atoms with E-state index >= 15 is 0 Å². The van der Waals surface area contributed by atoms with Gasteiger partial charge in [-0.3, -0.25) is 4.79 Å². The van der Waals surface area contributed by atoms with Gasteiger partial charge >= 0.3 is 6.61 Å². The molecule has 9 heteroatoms. The third-order valence-corrected chi connectivity index (χ3v) is 4.74. The van der Waals surface area contributed by atoms with Crippen LogP contribution in [0.3, 0.4) is 0 Å². The number of likely N-dealkylation sites (N-methyl/N-ethyl adjacent to an activating group) is 1. The van der Waals surface area contributed by atoms with Gasteiger partial charge in [0.15, 0.2) is 5.96 Å². The fourth-order valence-corrected chi connectivity index (χ4v) is 3.10. The minimum Gasteiger partial charge on any atom is -0.435 e. The Morgan fingerprint density at radius 2 is 2.00 bits per heavy atom. The second kappa shape index (κ2) is 11.6. The lowest BCUT2D eigenvalue weighted by molar-refractivity contribution is -0.127. The fourth-order valence-electron chi connectivity index (χ4n) is 3.10. The SMILES string of the molecule is CC(C)CNC(=NCC(=O)N(C)C)NC1CCCN(c2ccc(OC(F)F)cc2)C1. The molecule has 1 aliphatic rings. The standard InChI is InChI=1S/C21H33F2N5O2/c1-15(2)12-24-21(25-13-19(29)27(3)4)26-16-6-5-11-28(14-16)17-7-9-18(10-8-17)30-20(22)23/h7-10,15-16,20H,5-6,11-14H2,1-4H3,(H2,24,25,26). The van der Waals surface area contributed by atoms with Gasteiger partial charge in [0.2, 0.25) is 5.91 Å². The lowest BCUT2D eigenvalue weighted by atomic mass is 10.0. The Kier molecular flexibility index (Phi) is 9.14. The quantitative estimate of drug-likeness (QED) is 0.495. The van der Waals surface area contributed by atoms with Gasteiger partial charge in [-0.05, 0) is 43.0 Å². The van der Waals surface area contributed by atoms with Gasteiger partial charge in [0.25, 0.3) is 0 Å². The molecular weight excluding hydrogens is 392 g/mol. The zero-order valence-electron chi connectivity index (χ0n) is 18.2. The van der Waals surface area contributed by atoms with Crippen molar-refractivity contribution >= 4 is 17.6 Å². The van der Waals surface area contributed by atoms with Gasteiger partial charge in [-0.15, -0.1) is 0 Å². The molecule has 7 nitrogen and oxygen atoms in total. The first-order valence-electron chi connectivity index (χ1n) is 10.3. The number of carbonyl (C=O) groups is 1. The number of amides is 1. The molecule has 0 spiro atoms. The third-order valence-electron chi connectivity index (χ3n) is 4.74. The van der Waals surface area contributed by atoms with Crippen LogP contribution in [-0.4, -0.2) is 69.7 Å². The van der Waals surface area contributed by atoms with Crippen molar-refractivity contribution in [1.82, 2.24) is 15.5 Å².